The molecule has 0 aliphatic heterocycles. The second-order valence-corrected chi connectivity index (χ2v) is 24.0. The van der Waals surface area contributed by atoms with Crippen LogP contribution in [-0.2, 0) is 15.7 Å². The van der Waals surface area contributed by atoms with Crippen molar-refractivity contribution in [3.8, 4) is 0 Å². The van der Waals surface area contributed by atoms with Crippen molar-refractivity contribution in [1.82, 2.24) is 0 Å². The molecular formula is C44H84O4Sn. The molecule has 49 heavy (non-hydrogen) atoms. The molecule has 0 rings (SSSR count). The molecule has 0 saturated heterocycles. The predicted octanol–water partition coefficient (Wildman–Crippen LogP) is 15.2. The second kappa shape index (κ2) is 38.4. The van der Waals surface area contributed by atoms with Crippen LogP contribution in [0.25, 0.3) is 0 Å². The van der Waals surface area contributed by atoms with E-state index in [0.717, 1.165) is 60.2 Å². The van der Waals surface area contributed by atoms with Gasteiger partial charge in [0.15, 0.2) is 0 Å². The third kappa shape index (κ3) is 34.1. The van der Waals surface area contributed by atoms with Crippen LogP contribution in [0.5, 0.6) is 0 Å². The van der Waals surface area contributed by atoms with E-state index in [1.165, 1.54) is 141 Å². The molecule has 0 atom stereocenters. The Morgan fingerprint density at radius 3 is 0.939 bits per heavy atom. The molecule has 0 aliphatic carbocycles. The smallest absolute Gasteiger partial charge is 0.0654 e. The van der Waals surface area contributed by atoms with Gasteiger partial charge in [0.1, 0.15) is 0 Å². The van der Waals surface area contributed by atoms with Gasteiger partial charge in [-0.05, 0) is 12.8 Å². The Balaban J connectivity index is 4.27. The summed E-state index contributed by atoms with van der Waals surface area (Å²) in [6.07, 6.45) is 46.7. The molecule has 0 aromatic carbocycles. The fourth-order valence-corrected chi connectivity index (χ4v) is 16.5. The topological polar surface area (TPSA) is 52.6 Å². The van der Waals surface area contributed by atoms with Crippen molar-refractivity contribution in [2.24, 2.45) is 0 Å². The molecule has 0 fully saturated rings. The molecule has 4 nitrogen and oxygen atoms in total. The number of carbonyl (C=O) groups excluding carboxylic acids is 2. The third-order valence-electron chi connectivity index (χ3n) is 9.71. The molecule has 0 radical (unpaired) electrons. The maximum atomic E-state index is 13.0. The predicted molar refractivity (Wildman–Crippen MR) is 216 cm³/mol. The van der Waals surface area contributed by atoms with Crippen LogP contribution in [0.4, 0.5) is 0 Å². The van der Waals surface area contributed by atoms with Gasteiger partial charge in [0, 0.05) is 0 Å². The Morgan fingerprint density at radius 1 is 0.367 bits per heavy atom. The zero-order chi connectivity index (χ0) is 35.9. The molecule has 0 aromatic heterocycles. The normalized spacial score (nSPS) is 12.0. The first-order valence-electron chi connectivity index (χ1n) is 21.8. The Kier molecular flexibility index (Phi) is 37.8. The Hall–Kier alpha value is -0.781. The molecular weight excluding hydrogens is 711 g/mol. The minimum absolute atomic E-state index is 0.116. The van der Waals surface area contributed by atoms with Crippen LogP contribution < -0.4 is 0 Å². The van der Waals surface area contributed by atoms with Crippen molar-refractivity contribution in [2.45, 2.75) is 242 Å². The molecule has 0 amide bonds. The standard InChI is InChI=1S/2C18H34O2.2C4H9.Sn/c2*1-2-3-4-5-6-7-8-9-10-11-12-13-14-15-16-17-18(19)20;2*1-3-4-2;/h2*9-10H,2-8,11-17H2,1H3,(H,19,20);2*1,3-4H2,2H3;/q;;;;+2/p-2/b2*10-9+;;;. The summed E-state index contributed by atoms with van der Waals surface area (Å²) in [6, 6.07) is 0. The molecule has 5 heteroatoms. The number of allylic oxidation sites excluding steroid dienone is 4. The molecule has 0 aromatic rings. The Bertz CT molecular complexity index is 713. The summed E-state index contributed by atoms with van der Waals surface area (Å²) >= 11 is -3.82. The first-order valence-corrected chi connectivity index (χ1v) is 28.1. The van der Waals surface area contributed by atoms with Gasteiger partial charge in [-0.2, -0.15) is 0 Å². The number of hydrogen-bond acceptors (Lipinski definition) is 4. The SMILES string of the molecule is CCCCCCCC/C=C/CCCCCCCC(=O)[O][Sn]([CH2]CCC)([CH2]CCC)[O]C(=O)CCCCCCC/C=C/CCCCCCCC. The van der Waals surface area contributed by atoms with Crippen LogP contribution in [0, 0.1) is 0 Å². The molecule has 288 valence electrons. The van der Waals surface area contributed by atoms with Crippen molar-refractivity contribution in [2.75, 3.05) is 0 Å². The Morgan fingerprint density at radius 2 is 0.633 bits per heavy atom. The summed E-state index contributed by atoms with van der Waals surface area (Å²) in [5, 5.41) is 0. The van der Waals surface area contributed by atoms with E-state index in [1.54, 1.807) is 0 Å². The maximum absolute atomic E-state index is 13.0. The molecule has 0 aliphatic rings. The van der Waals surface area contributed by atoms with Crippen molar-refractivity contribution in [1.29, 1.82) is 0 Å². The van der Waals surface area contributed by atoms with Crippen molar-refractivity contribution in [3.05, 3.63) is 24.3 Å². The molecule has 0 bridgehead atoms. The van der Waals surface area contributed by atoms with Gasteiger partial charge in [0.05, 0.1) is 0 Å². The molecule has 0 saturated carbocycles. The van der Waals surface area contributed by atoms with E-state index in [-0.39, 0.29) is 11.9 Å². The van der Waals surface area contributed by atoms with Crippen LogP contribution in [0.3, 0.4) is 0 Å². The summed E-state index contributed by atoms with van der Waals surface area (Å²) in [4.78, 5) is 26.1. The molecule has 0 unspecified atom stereocenters. The van der Waals surface area contributed by atoms with Crippen LogP contribution in [0.2, 0.25) is 8.87 Å². The van der Waals surface area contributed by atoms with Crippen LogP contribution >= 0.6 is 0 Å². The van der Waals surface area contributed by atoms with Crippen molar-refractivity contribution in [3.63, 3.8) is 0 Å². The number of hydrogen-bond donors (Lipinski definition) is 0. The summed E-state index contributed by atoms with van der Waals surface area (Å²) in [5.74, 6) is -0.232. The fraction of sp³-hybridized carbons (Fsp3) is 0.864. The molecule has 0 N–H and O–H groups in total. The van der Waals surface area contributed by atoms with E-state index in [2.05, 4.69) is 52.0 Å². The average molecular weight is 796 g/mol. The third-order valence-corrected chi connectivity index (χ3v) is 19.5. The van der Waals surface area contributed by atoms with Gasteiger partial charge < -0.3 is 0 Å². The van der Waals surface area contributed by atoms with Gasteiger partial charge in [-0.3, -0.25) is 0 Å². The summed E-state index contributed by atoms with van der Waals surface area (Å²) in [6.45, 7) is 8.87. The minimum Gasteiger partial charge on any atom is -0.0654 e. The summed E-state index contributed by atoms with van der Waals surface area (Å²) in [5.41, 5.74) is 0. The van der Waals surface area contributed by atoms with E-state index < -0.39 is 19.2 Å². The van der Waals surface area contributed by atoms with Gasteiger partial charge >= 0.3 is 222 Å². The average Bonchev–Trinajstić information content (AvgIpc) is 3.09. The fourth-order valence-electron chi connectivity index (χ4n) is 6.44. The van der Waals surface area contributed by atoms with E-state index in [9.17, 15) is 9.59 Å². The van der Waals surface area contributed by atoms with E-state index in [1.807, 2.05) is 0 Å². The van der Waals surface area contributed by atoms with E-state index in [4.69, 9.17) is 6.15 Å². The quantitative estimate of drug-likeness (QED) is 0.0355. The van der Waals surface area contributed by atoms with Gasteiger partial charge in [-0.1, -0.05) is 78.1 Å². The van der Waals surface area contributed by atoms with Crippen LogP contribution in [0.15, 0.2) is 24.3 Å². The van der Waals surface area contributed by atoms with Crippen LogP contribution in [0.1, 0.15) is 233 Å². The van der Waals surface area contributed by atoms with Crippen LogP contribution in [-0.4, -0.2) is 31.1 Å². The van der Waals surface area contributed by atoms with Gasteiger partial charge in [-0.15, -0.1) is 0 Å². The zero-order valence-electron chi connectivity index (χ0n) is 33.5. The minimum atomic E-state index is -3.82. The summed E-state index contributed by atoms with van der Waals surface area (Å²) in [7, 11) is 0. The monoisotopic (exact) mass is 797 g/mol. The first-order chi connectivity index (χ1) is 24.0. The number of rotatable bonds is 38. The van der Waals surface area contributed by atoms with E-state index >= 15 is 0 Å². The number of unbranched alkanes of at least 4 members (excludes halogenated alkanes) is 24. The van der Waals surface area contributed by atoms with Gasteiger partial charge in [0.25, 0.3) is 0 Å². The van der Waals surface area contributed by atoms with Gasteiger partial charge in [-0.25, -0.2) is 0 Å². The van der Waals surface area contributed by atoms with Gasteiger partial charge in [0.2, 0.25) is 0 Å². The Labute approximate surface area is 311 Å². The zero-order valence-corrected chi connectivity index (χ0v) is 36.3. The molecule has 0 spiro atoms. The van der Waals surface area contributed by atoms with Crippen molar-refractivity contribution >= 4 is 31.1 Å². The van der Waals surface area contributed by atoms with Crippen molar-refractivity contribution < 1.29 is 15.7 Å². The summed E-state index contributed by atoms with van der Waals surface area (Å²) < 4.78 is 14.2. The number of carbonyl (C=O) groups is 2. The molecule has 0 heterocycles. The van der Waals surface area contributed by atoms with E-state index in [0.29, 0.717) is 12.8 Å². The first kappa shape index (κ1) is 48.2. The second-order valence-electron chi connectivity index (χ2n) is 14.7.